The Morgan fingerprint density at radius 1 is 1.05 bits per heavy atom. The zero-order chi connectivity index (χ0) is 14.1. The predicted molar refractivity (Wildman–Crippen MR) is 82.5 cm³/mol. The number of nitrogens with zero attached hydrogens (tertiary/aromatic N) is 3. The van der Waals surface area contributed by atoms with Crippen LogP contribution in [0.5, 0.6) is 0 Å². The third-order valence-corrected chi connectivity index (χ3v) is 3.67. The molecule has 0 atom stereocenters. The standard InChI is InChI=1S/C16H16ClN3/c1-3-12-5-7-13(8-6-12)20-15(10-17)19-14-9-4-11(2)18-16(14)20/h4-9H,3,10H2,1-2H3. The zero-order valence-electron chi connectivity index (χ0n) is 11.6. The van der Waals surface area contributed by atoms with Crippen molar-refractivity contribution in [2.24, 2.45) is 0 Å². The molecule has 0 amide bonds. The number of imidazole rings is 1. The van der Waals surface area contributed by atoms with Crippen molar-refractivity contribution in [1.82, 2.24) is 14.5 Å². The van der Waals surface area contributed by atoms with Crippen LogP contribution in [0.2, 0.25) is 0 Å². The van der Waals surface area contributed by atoms with E-state index in [4.69, 9.17) is 11.6 Å². The van der Waals surface area contributed by atoms with E-state index in [0.717, 1.165) is 34.8 Å². The fraction of sp³-hybridized carbons (Fsp3) is 0.250. The van der Waals surface area contributed by atoms with Crippen molar-refractivity contribution in [2.45, 2.75) is 26.1 Å². The van der Waals surface area contributed by atoms with Gasteiger partial charge in [-0.2, -0.15) is 0 Å². The minimum Gasteiger partial charge on any atom is -0.280 e. The molecule has 0 aliphatic heterocycles. The predicted octanol–water partition coefficient (Wildman–Crippen LogP) is 4.03. The van der Waals surface area contributed by atoms with Gasteiger partial charge in [0.05, 0.1) is 5.88 Å². The van der Waals surface area contributed by atoms with Gasteiger partial charge in [0.15, 0.2) is 5.65 Å². The molecule has 0 unspecified atom stereocenters. The van der Waals surface area contributed by atoms with Crippen molar-refractivity contribution in [3.8, 4) is 5.69 Å². The summed E-state index contributed by atoms with van der Waals surface area (Å²) < 4.78 is 2.04. The van der Waals surface area contributed by atoms with Crippen molar-refractivity contribution in [2.75, 3.05) is 0 Å². The molecule has 0 saturated heterocycles. The summed E-state index contributed by atoms with van der Waals surface area (Å²) >= 11 is 6.04. The van der Waals surface area contributed by atoms with Crippen molar-refractivity contribution in [3.63, 3.8) is 0 Å². The van der Waals surface area contributed by atoms with Crippen LogP contribution in [-0.2, 0) is 12.3 Å². The van der Waals surface area contributed by atoms with Gasteiger partial charge in [0.25, 0.3) is 0 Å². The molecule has 0 radical (unpaired) electrons. The van der Waals surface area contributed by atoms with E-state index in [9.17, 15) is 0 Å². The number of benzene rings is 1. The second-order valence-corrected chi connectivity index (χ2v) is 5.08. The van der Waals surface area contributed by atoms with E-state index in [-0.39, 0.29) is 0 Å². The number of halogens is 1. The van der Waals surface area contributed by atoms with Crippen molar-refractivity contribution >= 4 is 22.8 Å². The molecule has 0 aliphatic carbocycles. The molecule has 0 bridgehead atoms. The van der Waals surface area contributed by atoms with Gasteiger partial charge in [-0.25, -0.2) is 9.97 Å². The lowest BCUT2D eigenvalue weighted by molar-refractivity contribution is 0.964. The van der Waals surface area contributed by atoms with Crippen LogP contribution in [-0.4, -0.2) is 14.5 Å². The van der Waals surface area contributed by atoms with Crippen LogP contribution in [0.15, 0.2) is 36.4 Å². The molecule has 0 aliphatic rings. The first kappa shape index (κ1) is 13.1. The fourth-order valence-corrected chi connectivity index (χ4v) is 2.52. The molecule has 3 nitrogen and oxygen atoms in total. The summed E-state index contributed by atoms with van der Waals surface area (Å²) in [5, 5.41) is 0. The number of alkyl halides is 1. The average molecular weight is 286 g/mol. The van der Waals surface area contributed by atoms with Crippen molar-refractivity contribution in [3.05, 3.63) is 53.5 Å². The number of hydrogen-bond donors (Lipinski definition) is 0. The summed E-state index contributed by atoms with van der Waals surface area (Å²) in [5.74, 6) is 1.19. The summed E-state index contributed by atoms with van der Waals surface area (Å²) in [6, 6.07) is 12.4. The van der Waals surface area contributed by atoms with Gasteiger partial charge in [-0.05, 0) is 43.2 Å². The van der Waals surface area contributed by atoms with Gasteiger partial charge in [-0.15, -0.1) is 11.6 Å². The molecule has 0 spiro atoms. The maximum Gasteiger partial charge on any atom is 0.164 e. The Labute approximate surface area is 123 Å². The normalized spacial score (nSPS) is 11.2. The molecule has 0 fully saturated rings. The molecule has 2 aromatic heterocycles. The minimum atomic E-state index is 0.366. The molecule has 4 heteroatoms. The van der Waals surface area contributed by atoms with E-state index in [0.29, 0.717) is 5.88 Å². The first-order valence-corrected chi connectivity index (χ1v) is 7.26. The Balaban J connectivity index is 2.24. The van der Waals surface area contributed by atoms with Gasteiger partial charge in [-0.3, -0.25) is 4.57 Å². The highest BCUT2D eigenvalue weighted by molar-refractivity contribution is 6.16. The van der Waals surface area contributed by atoms with Crippen LogP contribution in [0.1, 0.15) is 24.0 Å². The summed E-state index contributed by atoms with van der Waals surface area (Å²) in [7, 11) is 0. The van der Waals surface area contributed by atoms with Gasteiger partial charge in [-0.1, -0.05) is 19.1 Å². The van der Waals surface area contributed by atoms with Gasteiger partial charge >= 0.3 is 0 Å². The Morgan fingerprint density at radius 2 is 1.80 bits per heavy atom. The monoisotopic (exact) mass is 285 g/mol. The quantitative estimate of drug-likeness (QED) is 0.680. The number of pyridine rings is 1. The van der Waals surface area contributed by atoms with E-state index < -0.39 is 0 Å². The average Bonchev–Trinajstić information content (AvgIpc) is 2.85. The summed E-state index contributed by atoms with van der Waals surface area (Å²) in [5.41, 5.74) is 5.09. The second kappa shape index (κ2) is 5.25. The van der Waals surface area contributed by atoms with Crippen molar-refractivity contribution in [1.29, 1.82) is 0 Å². The van der Waals surface area contributed by atoms with Crippen LogP contribution in [0.3, 0.4) is 0 Å². The fourth-order valence-electron chi connectivity index (χ4n) is 2.34. The number of aromatic nitrogens is 3. The summed E-state index contributed by atoms with van der Waals surface area (Å²) in [6.07, 6.45) is 1.03. The zero-order valence-corrected chi connectivity index (χ0v) is 12.4. The van der Waals surface area contributed by atoms with E-state index in [2.05, 4.69) is 41.2 Å². The van der Waals surface area contributed by atoms with Gasteiger partial charge in [0, 0.05) is 11.4 Å². The van der Waals surface area contributed by atoms with Gasteiger partial charge in [0.1, 0.15) is 11.3 Å². The molecule has 2 heterocycles. The maximum absolute atomic E-state index is 6.04. The lowest BCUT2D eigenvalue weighted by atomic mass is 10.1. The van der Waals surface area contributed by atoms with E-state index in [1.807, 2.05) is 23.6 Å². The SMILES string of the molecule is CCc1ccc(-n2c(CCl)nc3ccc(C)nc32)cc1. The largest absolute Gasteiger partial charge is 0.280 e. The lowest BCUT2D eigenvalue weighted by Gasteiger charge is -2.08. The van der Waals surface area contributed by atoms with Crippen LogP contribution in [0.25, 0.3) is 16.9 Å². The first-order chi connectivity index (χ1) is 9.72. The maximum atomic E-state index is 6.04. The summed E-state index contributed by atoms with van der Waals surface area (Å²) in [4.78, 5) is 9.16. The molecule has 20 heavy (non-hydrogen) atoms. The minimum absolute atomic E-state index is 0.366. The molecular weight excluding hydrogens is 270 g/mol. The number of hydrogen-bond acceptors (Lipinski definition) is 2. The lowest BCUT2D eigenvalue weighted by Crippen LogP contribution is -2.01. The number of aryl methyl sites for hydroxylation is 2. The third kappa shape index (κ3) is 2.18. The molecule has 102 valence electrons. The molecule has 0 N–H and O–H groups in total. The first-order valence-electron chi connectivity index (χ1n) is 6.73. The van der Waals surface area contributed by atoms with Gasteiger partial charge < -0.3 is 0 Å². The molecule has 3 aromatic rings. The summed E-state index contributed by atoms with van der Waals surface area (Å²) in [6.45, 7) is 4.13. The topological polar surface area (TPSA) is 30.7 Å². The third-order valence-electron chi connectivity index (χ3n) is 3.44. The van der Waals surface area contributed by atoms with E-state index in [1.165, 1.54) is 5.56 Å². The Morgan fingerprint density at radius 3 is 2.45 bits per heavy atom. The number of rotatable bonds is 3. The van der Waals surface area contributed by atoms with Crippen LogP contribution >= 0.6 is 11.6 Å². The smallest absolute Gasteiger partial charge is 0.164 e. The van der Waals surface area contributed by atoms with E-state index in [1.54, 1.807) is 0 Å². The highest BCUT2D eigenvalue weighted by Crippen LogP contribution is 2.22. The van der Waals surface area contributed by atoms with Crippen LogP contribution in [0, 0.1) is 6.92 Å². The Bertz CT molecular complexity index is 744. The highest BCUT2D eigenvalue weighted by atomic mass is 35.5. The Kier molecular flexibility index (Phi) is 3.45. The van der Waals surface area contributed by atoms with Gasteiger partial charge in [0.2, 0.25) is 0 Å². The van der Waals surface area contributed by atoms with Crippen LogP contribution < -0.4 is 0 Å². The Hall–Kier alpha value is -1.87. The molecular formula is C16H16ClN3. The molecule has 1 aromatic carbocycles. The van der Waals surface area contributed by atoms with Crippen LogP contribution in [0.4, 0.5) is 0 Å². The highest BCUT2D eigenvalue weighted by Gasteiger charge is 2.12. The molecule has 3 rings (SSSR count). The molecule has 0 saturated carbocycles. The van der Waals surface area contributed by atoms with Crippen molar-refractivity contribution < 1.29 is 0 Å². The van der Waals surface area contributed by atoms with E-state index >= 15 is 0 Å². The number of fused-ring (bicyclic) bond motifs is 1. The second-order valence-electron chi connectivity index (χ2n) is 4.81.